The van der Waals surface area contributed by atoms with Crippen molar-refractivity contribution in [1.29, 1.82) is 0 Å². The van der Waals surface area contributed by atoms with Crippen molar-refractivity contribution in [1.82, 2.24) is 30.0 Å². The highest BCUT2D eigenvalue weighted by Crippen LogP contribution is 2.13. The van der Waals surface area contributed by atoms with E-state index in [1.807, 2.05) is 47.4 Å². The highest BCUT2D eigenvalue weighted by Gasteiger charge is 2.21. The van der Waals surface area contributed by atoms with Gasteiger partial charge in [-0.1, -0.05) is 48.6 Å². The lowest BCUT2D eigenvalue weighted by Crippen LogP contribution is -2.48. The van der Waals surface area contributed by atoms with E-state index in [2.05, 4.69) is 44.7 Å². The smallest absolute Gasteiger partial charge is 0.254 e. The average molecular weight is 374 g/mol. The second-order valence-electron chi connectivity index (χ2n) is 6.71. The molecule has 1 aliphatic heterocycles. The lowest BCUT2D eigenvalue weighted by molar-refractivity contribution is 0.0650. The van der Waals surface area contributed by atoms with Crippen molar-refractivity contribution in [2.75, 3.05) is 32.7 Å². The molecular weight excluding hydrogens is 352 g/mol. The van der Waals surface area contributed by atoms with Crippen LogP contribution in [0.2, 0.25) is 0 Å². The van der Waals surface area contributed by atoms with Crippen LogP contribution in [0.4, 0.5) is 0 Å². The van der Waals surface area contributed by atoms with E-state index in [1.165, 1.54) is 11.9 Å². The summed E-state index contributed by atoms with van der Waals surface area (Å²) in [6.45, 7) is 4.10. The van der Waals surface area contributed by atoms with Gasteiger partial charge in [0.05, 0.1) is 5.69 Å². The monoisotopic (exact) mass is 374 g/mol. The highest BCUT2D eigenvalue weighted by molar-refractivity contribution is 5.94. The maximum atomic E-state index is 12.9. The number of benzene rings is 2. The maximum Gasteiger partial charge on any atom is 0.254 e. The molecule has 2 aromatic carbocycles. The molecule has 1 saturated heterocycles. The van der Waals surface area contributed by atoms with Crippen LogP contribution >= 0.6 is 0 Å². The fourth-order valence-electron chi connectivity index (χ4n) is 3.28. The summed E-state index contributed by atoms with van der Waals surface area (Å²) >= 11 is 0. The van der Waals surface area contributed by atoms with Crippen LogP contribution in [0, 0.1) is 0 Å². The number of carbonyl (C=O) groups is 1. The second kappa shape index (κ2) is 8.58. The molecule has 7 nitrogen and oxygen atoms in total. The molecule has 0 N–H and O–H groups in total. The first-order valence-corrected chi connectivity index (χ1v) is 9.36. The van der Waals surface area contributed by atoms with Crippen LogP contribution < -0.4 is 0 Å². The molecule has 0 radical (unpaired) electrons. The van der Waals surface area contributed by atoms with Crippen molar-refractivity contribution >= 4 is 12.0 Å². The fourth-order valence-corrected chi connectivity index (χ4v) is 3.28. The number of aromatic nitrogens is 4. The SMILES string of the molecule is O=C(c1cccc(-n2cnnn2)c1)N1CCN(C/C=C/c2ccccc2)CC1. The number of nitrogens with zero attached hydrogens (tertiary/aromatic N) is 6. The number of rotatable bonds is 5. The Bertz CT molecular complexity index is 931. The zero-order valence-electron chi connectivity index (χ0n) is 15.6. The summed E-state index contributed by atoms with van der Waals surface area (Å²) < 4.78 is 1.55. The molecule has 28 heavy (non-hydrogen) atoms. The van der Waals surface area contributed by atoms with Crippen molar-refractivity contribution in [3.8, 4) is 5.69 Å². The van der Waals surface area contributed by atoms with Crippen molar-refractivity contribution in [2.45, 2.75) is 0 Å². The molecule has 2 heterocycles. The molecule has 1 fully saturated rings. The quantitative estimate of drug-likeness (QED) is 0.684. The van der Waals surface area contributed by atoms with Crippen molar-refractivity contribution in [3.05, 3.63) is 78.1 Å². The Morgan fingerprint density at radius 1 is 1.00 bits per heavy atom. The van der Waals surface area contributed by atoms with Gasteiger partial charge in [0, 0.05) is 38.3 Å². The minimum Gasteiger partial charge on any atom is -0.336 e. The first-order chi connectivity index (χ1) is 13.8. The molecule has 0 saturated carbocycles. The Balaban J connectivity index is 1.32. The van der Waals surface area contributed by atoms with Crippen LogP contribution in [-0.2, 0) is 0 Å². The summed E-state index contributed by atoms with van der Waals surface area (Å²) in [6, 6.07) is 17.7. The van der Waals surface area contributed by atoms with Crippen LogP contribution in [0.15, 0.2) is 67.0 Å². The van der Waals surface area contributed by atoms with E-state index >= 15 is 0 Å². The van der Waals surface area contributed by atoms with E-state index in [1.54, 1.807) is 4.68 Å². The summed E-state index contributed by atoms with van der Waals surface area (Å²) in [4.78, 5) is 17.1. The van der Waals surface area contributed by atoms with Gasteiger partial charge in [-0.15, -0.1) is 5.10 Å². The molecule has 0 aliphatic carbocycles. The molecule has 0 unspecified atom stereocenters. The largest absolute Gasteiger partial charge is 0.336 e. The molecule has 7 heteroatoms. The van der Waals surface area contributed by atoms with E-state index in [0.29, 0.717) is 5.56 Å². The summed E-state index contributed by atoms with van der Waals surface area (Å²) in [6.07, 6.45) is 5.84. The lowest BCUT2D eigenvalue weighted by Gasteiger charge is -2.34. The Labute approximate surface area is 163 Å². The van der Waals surface area contributed by atoms with Crippen molar-refractivity contribution in [2.24, 2.45) is 0 Å². The van der Waals surface area contributed by atoms with Gasteiger partial charge in [-0.2, -0.15) is 0 Å². The first-order valence-electron chi connectivity index (χ1n) is 9.36. The first kappa shape index (κ1) is 18.1. The molecule has 4 rings (SSSR count). The maximum absolute atomic E-state index is 12.9. The standard InChI is InChI=1S/C21H22N6O/c28-21(19-9-4-10-20(16-19)27-17-22-23-24-27)26-14-12-25(13-15-26)11-5-8-18-6-2-1-3-7-18/h1-10,16-17H,11-15H2/b8-5+. The molecule has 1 amide bonds. The van der Waals surface area contributed by atoms with Crippen LogP contribution in [0.1, 0.15) is 15.9 Å². The Hall–Kier alpha value is -3.32. The van der Waals surface area contributed by atoms with Crippen LogP contribution in [-0.4, -0.2) is 68.6 Å². The summed E-state index contributed by atoms with van der Waals surface area (Å²) in [5, 5.41) is 11.2. The number of hydrogen-bond acceptors (Lipinski definition) is 5. The molecule has 0 spiro atoms. The zero-order valence-corrected chi connectivity index (χ0v) is 15.6. The Kier molecular flexibility index (Phi) is 5.53. The van der Waals surface area contributed by atoms with Crippen molar-refractivity contribution in [3.63, 3.8) is 0 Å². The molecule has 3 aromatic rings. The lowest BCUT2D eigenvalue weighted by atomic mass is 10.1. The number of piperazine rings is 1. The molecule has 0 atom stereocenters. The number of amides is 1. The Morgan fingerprint density at radius 2 is 1.82 bits per heavy atom. The van der Waals surface area contributed by atoms with Crippen LogP contribution in [0.5, 0.6) is 0 Å². The van der Waals surface area contributed by atoms with Gasteiger partial charge in [0.2, 0.25) is 0 Å². The zero-order chi connectivity index (χ0) is 19.2. The average Bonchev–Trinajstić information content (AvgIpc) is 3.30. The van der Waals surface area contributed by atoms with E-state index in [0.717, 1.165) is 38.4 Å². The third-order valence-corrected chi connectivity index (χ3v) is 4.84. The van der Waals surface area contributed by atoms with Gasteiger partial charge in [-0.3, -0.25) is 9.69 Å². The third kappa shape index (κ3) is 4.32. The van der Waals surface area contributed by atoms with Gasteiger partial charge in [0.15, 0.2) is 0 Å². The topological polar surface area (TPSA) is 67.2 Å². The van der Waals surface area contributed by atoms with Gasteiger partial charge in [0.1, 0.15) is 6.33 Å². The molecule has 0 bridgehead atoms. The molecule has 1 aromatic heterocycles. The minimum atomic E-state index is 0.0504. The van der Waals surface area contributed by atoms with Crippen molar-refractivity contribution < 1.29 is 4.79 Å². The van der Waals surface area contributed by atoms with Gasteiger partial charge >= 0.3 is 0 Å². The molecular formula is C21H22N6O. The predicted molar refractivity (Wildman–Crippen MR) is 107 cm³/mol. The van der Waals surface area contributed by atoms with Crippen LogP contribution in [0.3, 0.4) is 0 Å². The van der Waals surface area contributed by atoms with Gasteiger partial charge in [-0.05, 0) is 34.2 Å². The predicted octanol–water partition coefficient (Wildman–Crippen LogP) is 2.13. The number of carbonyl (C=O) groups excluding carboxylic acids is 1. The normalized spacial score (nSPS) is 15.2. The second-order valence-corrected chi connectivity index (χ2v) is 6.71. The van der Waals surface area contributed by atoms with Gasteiger partial charge in [0.25, 0.3) is 5.91 Å². The summed E-state index contributed by atoms with van der Waals surface area (Å²) in [5.74, 6) is 0.0504. The van der Waals surface area contributed by atoms with E-state index in [4.69, 9.17) is 0 Å². The van der Waals surface area contributed by atoms with E-state index in [9.17, 15) is 4.79 Å². The van der Waals surface area contributed by atoms with Gasteiger partial charge in [-0.25, -0.2) is 4.68 Å². The highest BCUT2D eigenvalue weighted by atomic mass is 16.2. The van der Waals surface area contributed by atoms with E-state index in [-0.39, 0.29) is 5.91 Å². The van der Waals surface area contributed by atoms with E-state index < -0.39 is 0 Å². The van der Waals surface area contributed by atoms with Crippen LogP contribution in [0.25, 0.3) is 11.8 Å². The number of hydrogen-bond donors (Lipinski definition) is 0. The molecule has 1 aliphatic rings. The number of tetrazole rings is 1. The van der Waals surface area contributed by atoms with Gasteiger partial charge < -0.3 is 4.90 Å². The molecule has 142 valence electrons. The third-order valence-electron chi connectivity index (χ3n) is 4.84. The summed E-state index contributed by atoms with van der Waals surface area (Å²) in [7, 11) is 0. The summed E-state index contributed by atoms with van der Waals surface area (Å²) in [5.41, 5.74) is 2.64. The minimum absolute atomic E-state index is 0.0504. The Morgan fingerprint density at radius 3 is 2.57 bits per heavy atom. The fraction of sp³-hybridized carbons (Fsp3) is 0.238.